The predicted octanol–water partition coefficient (Wildman–Crippen LogP) is 3.33. The molecular formula is C19H23N5O. The summed E-state index contributed by atoms with van der Waals surface area (Å²) < 4.78 is 3.66. The summed E-state index contributed by atoms with van der Waals surface area (Å²) >= 11 is 0. The largest absolute Gasteiger partial charge is 0.319 e. The minimum absolute atomic E-state index is 0.166. The molecule has 0 spiro atoms. The van der Waals surface area contributed by atoms with Crippen LogP contribution in [0.25, 0.3) is 0 Å². The molecule has 130 valence electrons. The first kappa shape index (κ1) is 17.0. The van der Waals surface area contributed by atoms with Crippen molar-refractivity contribution in [2.75, 3.05) is 5.32 Å². The van der Waals surface area contributed by atoms with E-state index < -0.39 is 0 Å². The number of nitrogens with zero attached hydrogens (tertiary/aromatic N) is 4. The van der Waals surface area contributed by atoms with Crippen molar-refractivity contribution in [3.05, 3.63) is 64.7 Å². The first-order valence-electron chi connectivity index (χ1n) is 8.41. The Morgan fingerprint density at radius 3 is 2.72 bits per heavy atom. The van der Waals surface area contributed by atoms with Gasteiger partial charge in [-0.1, -0.05) is 29.8 Å². The monoisotopic (exact) mass is 337 g/mol. The molecular weight excluding hydrogens is 314 g/mol. The zero-order valence-electron chi connectivity index (χ0n) is 15.1. The van der Waals surface area contributed by atoms with Crippen LogP contribution in [0.15, 0.2) is 36.7 Å². The summed E-state index contributed by atoms with van der Waals surface area (Å²) in [4.78, 5) is 12.5. The second kappa shape index (κ2) is 6.93. The van der Waals surface area contributed by atoms with Gasteiger partial charge in [0.15, 0.2) is 0 Å². The molecule has 0 fully saturated rings. The van der Waals surface area contributed by atoms with Crippen LogP contribution in [0.1, 0.15) is 39.8 Å². The molecule has 0 aliphatic rings. The van der Waals surface area contributed by atoms with Gasteiger partial charge < -0.3 is 5.32 Å². The lowest BCUT2D eigenvalue weighted by molar-refractivity contribution is 0.102. The first-order chi connectivity index (χ1) is 12.0. The molecule has 6 heteroatoms. The standard InChI is InChI=1S/C19H23N5O/c1-5-23-12-17(10-20-23)19(25)21-18-14(3)22-24(15(18)4)11-16-8-6-7-13(2)9-16/h6-10,12H,5,11H2,1-4H3,(H,21,25). The molecule has 0 aliphatic carbocycles. The zero-order valence-corrected chi connectivity index (χ0v) is 15.1. The molecule has 1 amide bonds. The van der Waals surface area contributed by atoms with Crippen molar-refractivity contribution < 1.29 is 4.79 Å². The van der Waals surface area contributed by atoms with Crippen LogP contribution in [0.5, 0.6) is 0 Å². The quantitative estimate of drug-likeness (QED) is 0.777. The van der Waals surface area contributed by atoms with Gasteiger partial charge in [-0.05, 0) is 33.3 Å². The fourth-order valence-electron chi connectivity index (χ4n) is 2.85. The molecule has 3 rings (SSSR count). The molecule has 0 atom stereocenters. The molecule has 0 aliphatic heterocycles. The van der Waals surface area contributed by atoms with Crippen LogP contribution in [-0.4, -0.2) is 25.5 Å². The number of anilines is 1. The van der Waals surface area contributed by atoms with E-state index in [4.69, 9.17) is 0 Å². The average Bonchev–Trinajstić information content (AvgIpc) is 3.16. The fourth-order valence-corrected chi connectivity index (χ4v) is 2.85. The van der Waals surface area contributed by atoms with E-state index in [-0.39, 0.29) is 5.91 Å². The Balaban J connectivity index is 1.80. The lowest BCUT2D eigenvalue weighted by Gasteiger charge is -2.07. The number of hydrogen-bond acceptors (Lipinski definition) is 3. The maximum absolute atomic E-state index is 12.5. The number of nitrogens with one attached hydrogen (secondary N) is 1. The number of carbonyl (C=O) groups is 1. The minimum atomic E-state index is -0.166. The highest BCUT2D eigenvalue weighted by Crippen LogP contribution is 2.21. The first-order valence-corrected chi connectivity index (χ1v) is 8.41. The number of amides is 1. The lowest BCUT2D eigenvalue weighted by atomic mass is 10.1. The third-order valence-electron chi connectivity index (χ3n) is 4.25. The van der Waals surface area contributed by atoms with Crippen molar-refractivity contribution in [2.24, 2.45) is 0 Å². The molecule has 1 N–H and O–H groups in total. The Labute approximate surface area is 147 Å². The Hall–Kier alpha value is -2.89. The van der Waals surface area contributed by atoms with E-state index in [1.807, 2.05) is 31.5 Å². The molecule has 1 aromatic carbocycles. The average molecular weight is 337 g/mol. The predicted molar refractivity (Wildman–Crippen MR) is 97.8 cm³/mol. The van der Waals surface area contributed by atoms with Crippen molar-refractivity contribution >= 4 is 11.6 Å². The summed E-state index contributed by atoms with van der Waals surface area (Å²) in [5.41, 5.74) is 5.47. The van der Waals surface area contributed by atoms with Crippen LogP contribution in [-0.2, 0) is 13.1 Å². The Kier molecular flexibility index (Phi) is 4.70. The number of carbonyl (C=O) groups excluding carboxylic acids is 1. The summed E-state index contributed by atoms with van der Waals surface area (Å²) in [5.74, 6) is -0.166. The second-order valence-corrected chi connectivity index (χ2v) is 6.23. The Morgan fingerprint density at radius 2 is 2.04 bits per heavy atom. The summed E-state index contributed by atoms with van der Waals surface area (Å²) in [6.45, 7) is 9.36. The number of benzene rings is 1. The van der Waals surface area contributed by atoms with Crippen LogP contribution in [0.2, 0.25) is 0 Å². The summed E-state index contributed by atoms with van der Waals surface area (Å²) in [6, 6.07) is 8.35. The Bertz CT molecular complexity index is 906. The van der Waals surface area contributed by atoms with Gasteiger partial charge in [0.1, 0.15) is 0 Å². The molecule has 0 saturated carbocycles. The van der Waals surface area contributed by atoms with Gasteiger partial charge >= 0.3 is 0 Å². The smallest absolute Gasteiger partial charge is 0.258 e. The molecule has 0 saturated heterocycles. The van der Waals surface area contributed by atoms with Gasteiger partial charge in [0.05, 0.1) is 35.4 Å². The molecule has 0 bridgehead atoms. The van der Waals surface area contributed by atoms with Crippen LogP contribution in [0, 0.1) is 20.8 Å². The number of aryl methyl sites for hydroxylation is 3. The second-order valence-electron chi connectivity index (χ2n) is 6.23. The van der Waals surface area contributed by atoms with Gasteiger partial charge in [-0.3, -0.25) is 14.2 Å². The third-order valence-corrected chi connectivity index (χ3v) is 4.25. The topological polar surface area (TPSA) is 64.7 Å². The SMILES string of the molecule is CCn1cc(C(=O)Nc2c(C)nn(Cc3cccc(C)c3)c2C)cn1. The highest BCUT2D eigenvalue weighted by atomic mass is 16.1. The Morgan fingerprint density at radius 1 is 1.24 bits per heavy atom. The fraction of sp³-hybridized carbons (Fsp3) is 0.316. The van der Waals surface area contributed by atoms with Crippen LogP contribution in [0.3, 0.4) is 0 Å². The number of hydrogen-bond donors (Lipinski definition) is 1. The maximum Gasteiger partial charge on any atom is 0.258 e. The van der Waals surface area contributed by atoms with Gasteiger partial charge in [0, 0.05) is 12.7 Å². The van der Waals surface area contributed by atoms with E-state index >= 15 is 0 Å². The zero-order chi connectivity index (χ0) is 18.0. The normalized spacial score (nSPS) is 10.9. The molecule has 25 heavy (non-hydrogen) atoms. The van der Waals surface area contributed by atoms with E-state index in [1.165, 1.54) is 11.1 Å². The highest BCUT2D eigenvalue weighted by molar-refractivity contribution is 6.04. The third kappa shape index (κ3) is 3.63. The van der Waals surface area contributed by atoms with Gasteiger partial charge in [-0.15, -0.1) is 0 Å². The van der Waals surface area contributed by atoms with Crippen molar-refractivity contribution in [1.29, 1.82) is 0 Å². The van der Waals surface area contributed by atoms with Crippen LogP contribution in [0.4, 0.5) is 5.69 Å². The minimum Gasteiger partial charge on any atom is -0.319 e. The lowest BCUT2D eigenvalue weighted by Crippen LogP contribution is -2.13. The van der Waals surface area contributed by atoms with Crippen molar-refractivity contribution in [3.8, 4) is 0 Å². The number of rotatable bonds is 5. The van der Waals surface area contributed by atoms with E-state index in [9.17, 15) is 4.79 Å². The van der Waals surface area contributed by atoms with Crippen molar-refractivity contribution in [2.45, 2.75) is 40.8 Å². The molecule has 0 unspecified atom stereocenters. The van der Waals surface area contributed by atoms with Crippen molar-refractivity contribution in [1.82, 2.24) is 19.6 Å². The van der Waals surface area contributed by atoms with Crippen LogP contribution >= 0.6 is 0 Å². The van der Waals surface area contributed by atoms with Crippen molar-refractivity contribution in [3.63, 3.8) is 0 Å². The summed E-state index contributed by atoms with van der Waals surface area (Å²) in [7, 11) is 0. The number of aromatic nitrogens is 4. The van der Waals surface area contributed by atoms with Gasteiger partial charge in [0.2, 0.25) is 0 Å². The molecule has 2 aromatic heterocycles. The van der Waals surface area contributed by atoms with E-state index in [1.54, 1.807) is 17.1 Å². The van der Waals surface area contributed by atoms with E-state index in [2.05, 4.69) is 40.6 Å². The summed E-state index contributed by atoms with van der Waals surface area (Å²) in [5, 5.41) is 11.7. The highest BCUT2D eigenvalue weighted by Gasteiger charge is 2.16. The molecule has 6 nitrogen and oxygen atoms in total. The van der Waals surface area contributed by atoms with E-state index in [0.29, 0.717) is 12.1 Å². The molecule has 2 heterocycles. The van der Waals surface area contributed by atoms with Gasteiger partial charge in [0.25, 0.3) is 5.91 Å². The summed E-state index contributed by atoms with van der Waals surface area (Å²) in [6.07, 6.45) is 3.33. The van der Waals surface area contributed by atoms with Gasteiger partial charge in [-0.2, -0.15) is 10.2 Å². The maximum atomic E-state index is 12.5. The molecule has 3 aromatic rings. The molecule has 0 radical (unpaired) electrons. The van der Waals surface area contributed by atoms with E-state index in [0.717, 1.165) is 23.6 Å². The van der Waals surface area contributed by atoms with Crippen LogP contribution < -0.4 is 5.32 Å². The van der Waals surface area contributed by atoms with Gasteiger partial charge in [-0.25, -0.2) is 0 Å².